The first-order valence-corrected chi connectivity index (χ1v) is 7.50. The van der Waals surface area contributed by atoms with Gasteiger partial charge in [-0.2, -0.15) is 0 Å². The Morgan fingerprint density at radius 3 is 1.74 bits per heavy atom. The fourth-order valence-corrected chi connectivity index (χ4v) is 2.87. The van der Waals surface area contributed by atoms with Crippen LogP contribution in [0.15, 0.2) is 11.5 Å². The standard InChI is InChI=1S/C15H24O4/c1-2-13(14(16)17)15(18-11-7-3-4-8-11)19-12-9-5-6-10-12/h11-12H,2-10H2,1H3,(H,16,17). The van der Waals surface area contributed by atoms with Crippen LogP contribution in [0.1, 0.15) is 64.7 Å². The first-order chi connectivity index (χ1) is 9.20. The van der Waals surface area contributed by atoms with Crippen LogP contribution in [0.5, 0.6) is 0 Å². The monoisotopic (exact) mass is 268 g/mol. The molecule has 2 rings (SSSR count). The molecule has 0 aromatic rings. The van der Waals surface area contributed by atoms with Gasteiger partial charge in [0.05, 0.1) is 0 Å². The van der Waals surface area contributed by atoms with Crippen LogP contribution >= 0.6 is 0 Å². The molecule has 0 unspecified atom stereocenters. The molecule has 4 nitrogen and oxygen atoms in total. The van der Waals surface area contributed by atoms with E-state index in [1.807, 2.05) is 6.92 Å². The van der Waals surface area contributed by atoms with Gasteiger partial charge in [-0.3, -0.25) is 0 Å². The molecule has 0 heterocycles. The number of aliphatic carboxylic acids is 1. The van der Waals surface area contributed by atoms with Crippen LogP contribution in [0.3, 0.4) is 0 Å². The Labute approximate surface area is 114 Å². The van der Waals surface area contributed by atoms with Crippen LogP contribution in [-0.4, -0.2) is 23.3 Å². The van der Waals surface area contributed by atoms with E-state index >= 15 is 0 Å². The molecule has 4 heteroatoms. The first-order valence-electron chi connectivity index (χ1n) is 7.50. The van der Waals surface area contributed by atoms with Crippen molar-refractivity contribution in [2.24, 2.45) is 0 Å². The Morgan fingerprint density at radius 1 is 1.00 bits per heavy atom. The van der Waals surface area contributed by atoms with Crippen LogP contribution in [0.2, 0.25) is 0 Å². The summed E-state index contributed by atoms with van der Waals surface area (Å²) in [4.78, 5) is 11.3. The van der Waals surface area contributed by atoms with Crippen molar-refractivity contribution >= 4 is 5.97 Å². The summed E-state index contributed by atoms with van der Waals surface area (Å²) >= 11 is 0. The molecule has 0 bridgehead atoms. The zero-order chi connectivity index (χ0) is 13.7. The van der Waals surface area contributed by atoms with Gasteiger partial charge in [0.2, 0.25) is 0 Å². The van der Waals surface area contributed by atoms with Crippen molar-refractivity contribution in [1.82, 2.24) is 0 Å². The van der Waals surface area contributed by atoms with Crippen LogP contribution in [0.4, 0.5) is 0 Å². The van der Waals surface area contributed by atoms with E-state index in [4.69, 9.17) is 9.47 Å². The van der Waals surface area contributed by atoms with Crippen molar-refractivity contribution < 1.29 is 19.4 Å². The second-order valence-corrected chi connectivity index (χ2v) is 5.47. The Morgan fingerprint density at radius 2 is 1.42 bits per heavy atom. The summed E-state index contributed by atoms with van der Waals surface area (Å²) < 4.78 is 11.7. The summed E-state index contributed by atoms with van der Waals surface area (Å²) in [7, 11) is 0. The second kappa shape index (κ2) is 6.83. The van der Waals surface area contributed by atoms with E-state index in [1.54, 1.807) is 0 Å². The molecule has 0 aliphatic heterocycles. The van der Waals surface area contributed by atoms with Gasteiger partial charge < -0.3 is 14.6 Å². The molecule has 19 heavy (non-hydrogen) atoms. The van der Waals surface area contributed by atoms with E-state index < -0.39 is 5.97 Å². The third kappa shape index (κ3) is 3.88. The van der Waals surface area contributed by atoms with Gasteiger partial charge >= 0.3 is 5.97 Å². The predicted octanol–water partition coefficient (Wildman–Crippen LogP) is 3.61. The fraction of sp³-hybridized carbons (Fsp3) is 0.800. The molecule has 1 N–H and O–H groups in total. The predicted molar refractivity (Wildman–Crippen MR) is 71.6 cm³/mol. The SMILES string of the molecule is CCC(C(=O)O)=C(OC1CCCC1)OC1CCCC1. The Kier molecular flexibility index (Phi) is 5.11. The average molecular weight is 268 g/mol. The van der Waals surface area contributed by atoms with E-state index in [1.165, 1.54) is 0 Å². The molecule has 0 saturated heterocycles. The number of hydrogen-bond acceptors (Lipinski definition) is 3. The quantitative estimate of drug-likeness (QED) is 0.590. The summed E-state index contributed by atoms with van der Waals surface area (Å²) in [5.74, 6) is -0.637. The van der Waals surface area contributed by atoms with Crippen molar-refractivity contribution in [3.8, 4) is 0 Å². The number of hydrogen-bond donors (Lipinski definition) is 1. The average Bonchev–Trinajstić information content (AvgIpc) is 3.02. The van der Waals surface area contributed by atoms with Gasteiger partial charge in [0, 0.05) is 0 Å². The van der Waals surface area contributed by atoms with Gasteiger partial charge in [-0.05, 0) is 57.8 Å². The molecule has 0 spiro atoms. The lowest BCUT2D eigenvalue weighted by Crippen LogP contribution is -2.18. The van der Waals surface area contributed by atoms with E-state index in [9.17, 15) is 9.90 Å². The molecule has 108 valence electrons. The molecular weight excluding hydrogens is 244 g/mol. The van der Waals surface area contributed by atoms with Gasteiger partial charge in [0.15, 0.2) is 0 Å². The second-order valence-electron chi connectivity index (χ2n) is 5.47. The van der Waals surface area contributed by atoms with Crippen LogP contribution in [0, 0.1) is 0 Å². The third-order valence-corrected chi connectivity index (χ3v) is 4.01. The minimum Gasteiger partial charge on any atom is -0.478 e. The summed E-state index contributed by atoms with van der Waals surface area (Å²) in [5, 5.41) is 9.27. The molecule has 2 aliphatic rings. The van der Waals surface area contributed by atoms with Gasteiger partial charge in [-0.1, -0.05) is 6.92 Å². The number of carboxylic acid groups (broad SMARTS) is 1. The van der Waals surface area contributed by atoms with E-state index in [0.717, 1.165) is 51.4 Å². The number of carboxylic acids is 1. The van der Waals surface area contributed by atoms with Crippen LogP contribution < -0.4 is 0 Å². The highest BCUT2D eigenvalue weighted by molar-refractivity contribution is 5.86. The van der Waals surface area contributed by atoms with E-state index in [2.05, 4.69) is 0 Å². The van der Waals surface area contributed by atoms with E-state index in [-0.39, 0.29) is 23.7 Å². The normalized spacial score (nSPS) is 20.5. The Hall–Kier alpha value is -1.19. The highest BCUT2D eigenvalue weighted by atomic mass is 16.7. The van der Waals surface area contributed by atoms with Gasteiger partial charge in [0.1, 0.15) is 17.8 Å². The van der Waals surface area contributed by atoms with Gasteiger partial charge in [-0.25, -0.2) is 4.79 Å². The largest absolute Gasteiger partial charge is 0.478 e. The van der Waals surface area contributed by atoms with Crippen LogP contribution in [0.25, 0.3) is 0 Å². The highest BCUT2D eigenvalue weighted by Gasteiger charge is 2.26. The van der Waals surface area contributed by atoms with Crippen molar-refractivity contribution in [2.45, 2.75) is 76.9 Å². The van der Waals surface area contributed by atoms with Crippen molar-refractivity contribution in [1.29, 1.82) is 0 Å². The topological polar surface area (TPSA) is 55.8 Å². The number of rotatable bonds is 6. The van der Waals surface area contributed by atoms with Crippen molar-refractivity contribution in [3.05, 3.63) is 11.5 Å². The highest BCUT2D eigenvalue weighted by Crippen LogP contribution is 2.29. The lowest BCUT2D eigenvalue weighted by atomic mass is 10.2. The summed E-state index contributed by atoms with van der Waals surface area (Å²) in [6.07, 6.45) is 9.39. The zero-order valence-corrected chi connectivity index (χ0v) is 11.7. The molecule has 0 aromatic carbocycles. The summed E-state index contributed by atoms with van der Waals surface area (Å²) in [5.41, 5.74) is 0.277. The molecule has 0 radical (unpaired) electrons. The molecular formula is C15H24O4. The minimum atomic E-state index is -0.923. The molecule has 0 amide bonds. The fourth-order valence-electron chi connectivity index (χ4n) is 2.87. The van der Waals surface area contributed by atoms with Gasteiger partial charge in [-0.15, -0.1) is 0 Å². The van der Waals surface area contributed by atoms with Crippen LogP contribution in [-0.2, 0) is 14.3 Å². The Bertz CT molecular complexity index is 316. The van der Waals surface area contributed by atoms with Crippen molar-refractivity contribution in [2.75, 3.05) is 0 Å². The van der Waals surface area contributed by atoms with Gasteiger partial charge in [0.25, 0.3) is 5.95 Å². The molecule has 0 atom stereocenters. The third-order valence-electron chi connectivity index (χ3n) is 4.01. The lowest BCUT2D eigenvalue weighted by molar-refractivity contribution is -0.134. The lowest BCUT2D eigenvalue weighted by Gasteiger charge is -2.22. The molecule has 2 fully saturated rings. The molecule has 0 aromatic heterocycles. The maximum Gasteiger partial charge on any atom is 0.338 e. The maximum atomic E-state index is 11.3. The number of ether oxygens (including phenoxy) is 2. The summed E-state index contributed by atoms with van der Waals surface area (Å²) in [6, 6.07) is 0. The maximum absolute atomic E-state index is 11.3. The van der Waals surface area contributed by atoms with E-state index in [0.29, 0.717) is 6.42 Å². The summed E-state index contributed by atoms with van der Waals surface area (Å²) in [6.45, 7) is 1.83. The van der Waals surface area contributed by atoms with Crippen molar-refractivity contribution in [3.63, 3.8) is 0 Å². The zero-order valence-electron chi connectivity index (χ0n) is 11.7. The number of carbonyl (C=O) groups is 1. The molecule has 2 saturated carbocycles. The smallest absolute Gasteiger partial charge is 0.338 e. The minimum absolute atomic E-state index is 0.136. The molecule has 2 aliphatic carbocycles. The first kappa shape index (κ1) is 14.2. The Balaban J connectivity index is 2.08.